The fraction of sp³-hybridized carbons (Fsp3) is 0.600. The highest BCUT2D eigenvalue weighted by atomic mass is 19.1. The summed E-state index contributed by atoms with van der Waals surface area (Å²) in [4.78, 5) is 25.2. The highest BCUT2D eigenvalue weighted by molar-refractivity contribution is 5.78. The van der Waals surface area contributed by atoms with Crippen LogP contribution in [0.15, 0.2) is 18.2 Å². The Morgan fingerprint density at radius 2 is 2.08 bits per heavy atom. The van der Waals surface area contributed by atoms with Crippen molar-refractivity contribution in [3.05, 3.63) is 29.8 Å². The van der Waals surface area contributed by atoms with Gasteiger partial charge in [-0.3, -0.25) is 4.79 Å². The number of fused-ring (bicyclic) bond motifs is 1. The molecule has 2 aromatic rings. The van der Waals surface area contributed by atoms with Gasteiger partial charge in [-0.1, -0.05) is 6.92 Å². The smallest absolute Gasteiger partial charge is 0.223 e. The lowest BCUT2D eigenvalue weighted by Crippen LogP contribution is -2.37. The Hall–Kier alpha value is -1.95. The number of aromatic amines is 1. The molecule has 26 heavy (non-hydrogen) atoms. The lowest BCUT2D eigenvalue weighted by Gasteiger charge is -2.32. The van der Waals surface area contributed by atoms with Crippen LogP contribution in [0.25, 0.3) is 11.0 Å². The summed E-state index contributed by atoms with van der Waals surface area (Å²) in [6.45, 7) is 6.30. The molecule has 4 rings (SSSR count). The molecule has 0 bridgehead atoms. The van der Waals surface area contributed by atoms with Crippen molar-refractivity contribution >= 4 is 16.9 Å². The summed E-state index contributed by atoms with van der Waals surface area (Å²) in [6.07, 6.45) is 4.78. The zero-order chi connectivity index (χ0) is 18.1. The van der Waals surface area contributed by atoms with Crippen LogP contribution in [0.3, 0.4) is 0 Å². The second-order valence-corrected chi connectivity index (χ2v) is 7.61. The first-order valence-electron chi connectivity index (χ1n) is 9.81. The van der Waals surface area contributed by atoms with Gasteiger partial charge in [0.1, 0.15) is 11.6 Å². The van der Waals surface area contributed by atoms with Gasteiger partial charge in [-0.25, -0.2) is 9.37 Å². The zero-order valence-corrected chi connectivity index (χ0v) is 15.4. The van der Waals surface area contributed by atoms with Crippen molar-refractivity contribution in [2.75, 3.05) is 26.2 Å². The van der Waals surface area contributed by atoms with Crippen molar-refractivity contribution < 1.29 is 9.18 Å². The Labute approximate surface area is 153 Å². The quantitative estimate of drug-likeness (QED) is 0.910. The molecule has 1 aromatic heterocycles. The molecule has 1 unspecified atom stereocenters. The van der Waals surface area contributed by atoms with Gasteiger partial charge in [0.25, 0.3) is 0 Å². The number of hydrogen-bond acceptors (Lipinski definition) is 3. The Bertz CT molecular complexity index is 781. The van der Waals surface area contributed by atoms with Crippen LogP contribution in [0.5, 0.6) is 0 Å². The Balaban J connectivity index is 1.44. The summed E-state index contributed by atoms with van der Waals surface area (Å²) in [5, 5.41) is 0. The van der Waals surface area contributed by atoms with Crippen molar-refractivity contribution in [1.82, 2.24) is 19.8 Å². The van der Waals surface area contributed by atoms with Crippen LogP contribution < -0.4 is 0 Å². The predicted octanol–water partition coefficient (Wildman–Crippen LogP) is 3.49. The number of amides is 1. The minimum atomic E-state index is -0.273. The monoisotopic (exact) mass is 358 g/mol. The molecular weight excluding hydrogens is 331 g/mol. The summed E-state index contributed by atoms with van der Waals surface area (Å²) in [6, 6.07) is 4.57. The van der Waals surface area contributed by atoms with Crippen molar-refractivity contribution in [3.63, 3.8) is 0 Å². The third-order valence-corrected chi connectivity index (χ3v) is 5.97. The van der Waals surface area contributed by atoms with Gasteiger partial charge >= 0.3 is 0 Å². The van der Waals surface area contributed by atoms with E-state index in [2.05, 4.69) is 21.8 Å². The van der Waals surface area contributed by atoms with Gasteiger partial charge in [-0.15, -0.1) is 0 Å². The number of likely N-dealkylation sites (tertiary alicyclic amines) is 2. The van der Waals surface area contributed by atoms with E-state index >= 15 is 0 Å². The van der Waals surface area contributed by atoms with Crippen LogP contribution in [0.4, 0.5) is 4.39 Å². The standard InChI is InChI=1S/C20H27FN4O/c1-2-24-10-7-14(8-11-24)12-19(26)25-9-3-4-18(25)20-22-16-6-5-15(21)13-17(16)23-20/h5-6,13-14,18H,2-4,7-12H2,1H3,(H,22,23). The molecule has 1 aromatic carbocycles. The number of rotatable bonds is 4. The number of benzene rings is 1. The molecule has 6 heteroatoms. The number of aromatic nitrogens is 2. The van der Waals surface area contributed by atoms with Crippen molar-refractivity contribution in [3.8, 4) is 0 Å². The van der Waals surface area contributed by atoms with E-state index in [4.69, 9.17) is 0 Å². The number of halogens is 1. The molecule has 0 aliphatic carbocycles. The van der Waals surface area contributed by atoms with Crippen molar-refractivity contribution in [2.24, 2.45) is 5.92 Å². The molecule has 3 heterocycles. The molecule has 5 nitrogen and oxygen atoms in total. The molecule has 0 spiro atoms. The van der Waals surface area contributed by atoms with Crippen molar-refractivity contribution in [1.29, 1.82) is 0 Å². The van der Waals surface area contributed by atoms with E-state index in [1.54, 1.807) is 6.07 Å². The maximum atomic E-state index is 13.4. The average molecular weight is 358 g/mol. The molecule has 2 aliphatic heterocycles. The topological polar surface area (TPSA) is 52.2 Å². The summed E-state index contributed by atoms with van der Waals surface area (Å²) in [7, 11) is 0. The highest BCUT2D eigenvalue weighted by Crippen LogP contribution is 2.33. The van der Waals surface area contributed by atoms with E-state index in [9.17, 15) is 9.18 Å². The van der Waals surface area contributed by atoms with Gasteiger partial charge in [-0.2, -0.15) is 0 Å². The minimum absolute atomic E-state index is 0.00584. The second kappa shape index (κ2) is 7.35. The average Bonchev–Trinajstić information content (AvgIpc) is 3.28. The Morgan fingerprint density at radius 1 is 1.27 bits per heavy atom. The number of hydrogen-bond donors (Lipinski definition) is 1. The molecule has 1 amide bonds. The fourth-order valence-electron chi connectivity index (χ4n) is 4.38. The summed E-state index contributed by atoms with van der Waals surface area (Å²) >= 11 is 0. The molecule has 0 saturated carbocycles. The third-order valence-electron chi connectivity index (χ3n) is 5.97. The summed E-state index contributed by atoms with van der Waals surface area (Å²) in [5.41, 5.74) is 1.46. The van der Waals surface area contributed by atoms with E-state index < -0.39 is 0 Å². The number of carbonyl (C=O) groups is 1. The molecule has 140 valence electrons. The minimum Gasteiger partial charge on any atom is -0.340 e. The van der Waals surface area contributed by atoms with Gasteiger partial charge in [0, 0.05) is 13.0 Å². The SMILES string of the molecule is CCN1CCC(CC(=O)N2CCCC2c2nc3ccc(F)cc3[nH]2)CC1. The first-order chi connectivity index (χ1) is 12.6. The molecule has 0 radical (unpaired) electrons. The van der Waals surface area contributed by atoms with Crippen molar-refractivity contribution in [2.45, 2.75) is 45.1 Å². The lowest BCUT2D eigenvalue weighted by atomic mass is 9.93. The lowest BCUT2D eigenvalue weighted by molar-refractivity contribution is -0.133. The largest absolute Gasteiger partial charge is 0.340 e. The number of nitrogens with zero attached hydrogens (tertiary/aromatic N) is 3. The number of carbonyl (C=O) groups excluding carboxylic acids is 1. The zero-order valence-electron chi connectivity index (χ0n) is 15.4. The van der Waals surface area contributed by atoms with Crippen LogP contribution in [0, 0.1) is 11.7 Å². The molecule has 2 aliphatic rings. The van der Waals surface area contributed by atoms with Crippen LogP contribution in [0.1, 0.15) is 50.9 Å². The summed E-state index contributed by atoms with van der Waals surface area (Å²) < 4.78 is 13.4. The van der Waals surface area contributed by atoms with Gasteiger partial charge in [0.05, 0.1) is 17.1 Å². The van der Waals surface area contributed by atoms with Gasteiger partial charge in [0.15, 0.2) is 0 Å². The predicted molar refractivity (Wildman–Crippen MR) is 99.2 cm³/mol. The Kier molecular flexibility index (Phi) is 4.94. The van der Waals surface area contributed by atoms with E-state index in [1.165, 1.54) is 12.1 Å². The number of H-pyrrole nitrogens is 1. The van der Waals surface area contributed by atoms with Crippen LogP contribution in [-0.2, 0) is 4.79 Å². The normalized spacial score (nSPS) is 22.4. The van der Waals surface area contributed by atoms with E-state index in [0.29, 0.717) is 17.9 Å². The summed E-state index contributed by atoms with van der Waals surface area (Å²) in [5.74, 6) is 1.26. The maximum Gasteiger partial charge on any atom is 0.223 e. The van der Waals surface area contributed by atoms with Crippen LogP contribution >= 0.6 is 0 Å². The van der Waals surface area contributed by atoms with Crippen LogP contribution in [-0.4, -0.2) is 51.9 Å². The van der Waals surface area contributed by atoms with E-state index in [1.807, 2.05) is 4.90 Å². The van der Waals surface area contributed by atoms with E-state index in [-0.39, 0.29) is 17.8 Å². The number of nitrogens with one attached hydrogen (secondary N) is 1. The van der Waals surface area contributed by atoms with E-state index in [0.717, 1.165) is 63.2 Å². The second-order valence-electron chi connectivity index (χ2n) is 7.61. The molecule has 1 N–H and O–H groups in total. The fourth-order valence-corrected chi connectivity index (χ4v) is 4.38. The Morgan fingerprint density at radius 3 is 2.85 bits per heavy atom. The third kappa shape index (κ3) is 3.47. The first-order valence-corrected chi connectivity index (χ1v) is 9.81. The number of imidazole rings is 1. The first kappa shape index (κ1) is 17.5. The molecule has 2 fully saturated rings. The number of piperidine rings is 1. The van der Waals surface area contributed by atoms with Gasteiger partial charge in [-0.05, 0) is 69.4 Å². The molecule has 1 atom stereocenters. The molecule has 2 saturated heterocycles. The maximum absolute atomic E-state index is 13.4. The van der Waals surface area contributed by atoms with Gasteiger partial charge in [0.2, 0.25) is 5.91 Å². The van der Waals surface area contributed by atoms with Crippen LogP contribution in [0.2, 0.25) is 0 Å². The van der Waals surface area contributed by atoms with Gasteiger partial charge < -0.3 is 14.8 Å². The highest BCUT2D eigenvalue weighted by Gasteiger charge is 2.33. The molecular formula is C20H27FN4O.